The Morgan fingerprint density at radius 2 is 1.89 bits per heavy atom. The number of nitrogens with zero attached hydrogens (tertiary/aromatic N) is 5. The van der Waals surface area contributed by atoms with Gasteiger partial charge in [-0.15, -0.1) is 0 Å². The van der Waals surface area contributed by atoms with E-state index in [2.05, 4.69) is 27.3 Å². The molecule has 1 saturated heterocycles. The number of pyridine rings is 1. The monoisotopic (exact) mass is 514 g/mol. The number of rotatable bonds is 6. The average molecular weight is 515 g/mol. The first-order valence-electron chi connectivity index (χ1n) is 13.1. The molecule has 8 nitrogen and oxygen atoms in total. The summed E-state index contributed by atoms with van der Waals surface area (Å²) in [6.07, 6.45) is 8.30. The average Bonchev–Trinajstić information content (AvgIpc) is 3.22. The Bertz CT molecular complexity index is 1470. The molecule has 1 aromatic carbocycles. The number of likely N-dealkylation sites (tertiary alicyclic amines) is 1. The molecule has 1 atom stereocenters. The minimum absolute atomic E-state index is 0.0719. The molecule has 4 heterocycles. The normalized spacial score (nSPS) is 15.9. The standard InChI is InChI=1S/C29H31FN6O2/c1-3-22-17-26(29(38)35-14-6-4-5-7-19(35)2)33-27-18-25(34-36(22)27)23-9-8-21(16-24(23)30)32-28(37)15-20-10-12-31-13-11-20/h8-13,16-19H,3-7,14-15H2,1-2H3,(H,32,37). The molecule has 9 heteroatoms. The Morgan fingerprint density at radius 1 is 1.08 bits per heavy atom. The highest BCUT2D eigenvalue weighted by molar-refractivity contribution is 5.93. The highest BCUT2D eigenvalue weighted by Crippen LogP contribution is 2.27. The van der Waals surface area contributed by atoms with Crippen molar-refractivity contribution in [1.82, 2.24) is 24.5 Å². The summed E-state index contributed by atoms with van der Waals surface area (Å²) < 4.78 is 16.8. The molecule has 1 N–H and O–H groups in total. The van der Waals surface area contributed by atoms with Gasteiger partial charge in [0.15, 0.2) is 5.65 Å². The van der Waals surface area contributed by atoms with Crippen molar-refractivity contribution in [1.29, 1.82) is 0 Å². The number of hydrogen-bond donors (Lipinski definition) is 1. The Hall–Kier alpha value is -4.14. The number of carbonyl (C=O) groups excluding carboxylic acids is 2. The molecular formula is C29H31FN6O2. The number of amides is 2. The van der Waals surface area contributed by atoms with Crippen molar-refractivity contribution in [3.8, 4) is 11.3 Å². The van der Waals surface area contributed by atoms with E-state index in [1.54, 1.807) is 53.3 Å². The maximum atomic E-state index is 15.2. The van der Waals surface area contributed by atoms with Crippen molar-refractivity contribution < 1.29 is 14.0 Å². The predicted molar refractivity (Wildman–Crippen MR) is 143 cm³/mol. The summed E-state index contributed by atoms with van der Waals surface area (Å²) in [6.45, 7) is 4.81. The number of fused-ring (bicyclic) bond motifs is 1. The first-order valence-corrected chi connectivity index (χ1v) is 13.1. The van der Waals surface area contributed by atoms with Gasteiger partial charge in [0.25, 0.3) is 5.91 Å². The van der Waals surface area contributed by atoms with Gasteiger partial charge in [0.05, 0.1) is 12.1 Å². The Kier molecular flexibility index (Phi) is 7.44. The molecule has 0 radical (unpaired) electrons. The third kappa shape index (κ3) is 5.41. The van der Waals surface area contributed by atoms with Crippen LogP contribution in [0.25, 0.3) is 16.9 Å². The van der Waals surface area contributed by atoms with Crippen LogP contribution in [0.1, 0.15) is 61.3 Å². The molecule has 2 amide bonds. The second kappa shape index (κ2) is 11.1. The molecule has 1 aliphatic rings. The third-order valence-electron chi connectivity index (χ3n) is 7.04. The van der Waals surface area contributed by atoms with E-state index in [-0.39, 0.29) is 24.3 Å². The van der Waals surface area contributed by atoms with Crippen molar-refractivity contribution >= 4 is 23.1 Å². The van der Waals surface area contributed by atoms with Crippen LogP contribution in [0.5, 0.6) is 0 Å². The summed E-state index contributed by atoms with van der Waals surface area (Å²) in [6, 6.07) is 11.7. The molecule has 0 spiro atoms. The summed E-state index contributed by atoms with van der Waals surface area (Å²) in [7, 11) is 0. The van der Waals surface area contributed by atoms with Crippen LogP contribution < -0.4 is 5.32 Å². The zero-order valence-electron chi connectivity index (χ0n) is 21.7. The highest BCUT2D eigenvalue weighted by atomic mass is 19.1. The van der Waals surface area contributed by atoms with E-state index < -0.39 is 5.82 Å². The van der Waals surface area contributed by atoms with E-state index in [0.717, 1.165) is 43.5 Å². The highest BCUT2D eigenvalue weighted by Gasteiger charge is 2.25. The number of benzene rings is 1. The fraction of sp³-hybridized carbons (Fsp3) is 0.345. The zero-order chi connectivity index (χ0) is 26.6. The third-order valence-corrected chi connectivity index (χ3v) is 7.04. The summed E-state index contributed by atoms with van der Waals surface area (Å²) in [5.41, 5.74) is 3.60. The maximum absolute atomic E-state index is 15.2. The summed E-state index contributed by atoms with van der Waals surface area (Å²) in [4.78, 5) is 36.2. The first-order chi connectivity index (χ1) is 18.4. The molecule has 0 aliphatic carbocycles. The quantitative estimate of drug-likeness (QED) is 0.387. The van der Waals surface area contributed by atoms with E-state index in [1.807, 2.05) is 11.8 Å². The van der Waals surface area contributed by atoms with Crippen LogP contribution >= 0.6 is 0 Å². The Labute approximate surface area is 220 Å². The lowest BCUT2D eigenvalue weighted by atomic mass is 10.1. The molecular weight excluding hydrogens is 483 g/mol. The molecule has 0 saturated carbocycles. The molecule has 4 aromatic rings. The van der Waals surface area contributed by atoms with Gasteiger partial charge in [-0.1, -0.05) is 19.8 Å². The van der Waals surface area contributed by atoms with E-state index in [9.17, 15) is 9.59 Å². The molecule has 38 heavy (non-hydrogen) atoms. The van der Waals surface area contributed by atoms with Gasteiger partial charge in [-0.2, -0.15) is 5.10 Å². The van der Waals surface area contributed by atoms with Gasteiger partial charge in [0.1, 0.15) is 11.5 Å². The van der Waals surface area contributed by atoms with E-state index in [0.29, 0.717) is 34.7 Å². The van der Waals surface area contributed by atoms with E-state index in [1.165, 1.54) is 6.07 Å². The molecule has 196 valence electrons. The van der Waals surface area contributed by atoms with Crippen molar-refractivity contribution in [3.63, 3.8) is 0 Å². The van der Waals surface area contributed by atoms with Gasteiger partial charge >= 0.3 is 0 Å². The van der Waals surface area contributed by atoms with Gasteiger partial charge in [-0.25, -0.2) is 13.9 Å². The van der Waals surface area contributed by atoms with Crippen LogP contribution in [-0.4, -0.2) is 48.9 Å². The van der Waals surface area contributed by atoms with Crippen molar-refractivity contribution in [2.45, 2.75) is 58.4 Å². The number of carbonyl (C=O) groups is 2. The predicted octanol–water partition coefficient (Wildman–Crippen LogP) is 5.08. The number of aryl methyl sites for hydroxylation is 1. The van der Waals surface area contributed by atoms with Crippen LogP contribution in [-0.2, 0) is 17.6 Å². The van der Waals surface area contributed by atoms with Crippen molar-refractivity contribution in [2.75, 3.05) is 11.9 Å². The summed E-state index contributed by atoms with van der Waals surface area (Å²) in [5.74, 6) is -0.830. The van der Waals surface area contributed by atoms with Gasteiger partial charge in [0.2, 0.25) is 5.91 Å². The van der Waals surface area contributed by atoms with Crippen LogP contribution in [0.2, 0.25) is 0 Å². The Balaban J connectivity index is 1.39. The fourth-order valence-electron chi connectivity index (χ4n) is 4.95. The minimum Gasteiger partial charge on any atom is -0.335 e. The SMILES string of the molecule is CCc1cc(C(=O)N2CCCCCC2C)nc2cc(-c3ccc(NC(=O)Cc4ccncc4)cc3F)nn12. The molecule has 5 rings (SSSR count). The second-order valence-corrected chi connectivity index (χ2v) is 9.76. The van der Waals surface area contributed by atoms with Crippen LogP contribution in [0.4, 0.5) is 10.1 Å². The van der Waals surface area contributed by atoms with Crippen LogP contribution in [0, 0.1) is 5.82 Å². The molecule has 1 aliphatic heterocycles. The number of anilines is 1. The maximum Gasteiger partial charge on any atom is 0.272 e. The lowest BCUT2D eigenvalue weighted by Crippen LogP contribution is -2.38. The molecule has 1 unspecified atom stereocenters. The smallest absolute Gasteiger partial charge is 0.272 e. The Morgan fingerprint density at radius 3 is 2.66 bits per heavy atom. The lowest BCUT2D eigenvalue weighted by Gasteiger charge is -2.27. The summed E-state index contributed by atoms with van der Waals surface area (Å²) in [5, 5.41) is 7.33. The van der Waals surface area contributed by atoms with E-state index >= 15 is 4.39 Å². The molecule has 0 bridgehead atoms. The van der Waals surface area contributed by atoms with Gasteiger partial charge in [-0.05, 0) is 68.1 Å². The number of hydrogen-bond acceptors (Lipinski definition) is 5. The first kappa shape index (κ1) is 25.5. The fourth-order valence-corrected chi connectivity index (χ4v) is 4.95. The second-order valence-electron chi connectivity index (χ2n) is 9.76. The molecule has 1 fully saturated rings. The number of nitrogens with one attached hydrogen (secondary N) is 1. The minimum atomic E-state index is -0.511. The number of halogens is 1. The van der Waals surface area contributed by atoms with Crippen LogP contribution in [0.15, 0.2) is 54.9 Å². The number of aromatic nitrogens is 4. The topological polar surface area (TPSA) is 92.5 Å². The van der Waals surface area contributed by atoms with E-state index in [4.69, 9.17) is 0 Å². The largest absolute Gasteiger partial charge is 0.335 e. The molecule has 3 aromatic heterocycles. The van der Waals surface area contributed by atoms with Crippen molar-refractivity contribution in [2.24, 2.45) is 0 Å². The lowest BCUT2D eigenvalue weighted by molar-refractivity contribution is -0.115. The van der Waals surface area contributed by atoms with Gasteiger partial charge in [0, 0.05) is 48.0 Å². The zero-order valence-corrected chi connectivity index (χ0v) is 21.7. The van der Waals surface area contributed by atoms with Crippen LogP contribution in [0.3, 0.4) is 0 Å². The van der Waals surface area contributed by atoms with Crippen molar-refractivity contribution in [3.05, 3.63) is 77.6 Å². The van der Waals surface area contributed by atoms with Gasteiger partial charge in [-0.3, -0.25) is 14.6 Å². The summed E-state index contributed by atoms with van der Waals surface area (Å²) >= 11 is 0. The van der Waals surface area contributed by atoms with Gasteiger partial charge < -0.3 is 10.2 Å².